The van der Waals surface area contributed by atoms with E-state index in [-0.39, 0.29) is 23.1 Å². The van der Waals surface area contributed by atoms with Crippen LogP contribution in [0.3, 0.4) is 0 Å². The number of carbonyl (C=O) groups excluding carboxylic acids is 2. The summed E-state index contributed by atoms with van der Waals surface area (Å²) in [6.45, 7) is 4.75. The van der Waals surface area contributed by atoms with Gasteiger partial charge in [0, 0.05) is 29.1 Å². The largest absolute Gasteiger partial charge is 0.493 e. The molecule has 0 aromatic heterocycles. The molecule has 6 heteroatoms. The average Bonchev–Trinajstić information content (AvgIpc) is 3.69. The van der Waals surface area contributed by atoms with Crippen LogP contribution in [0.25, 0.3) is 0 Å². The van der Waals surface area contributed by atoms with Crippen molar-refractivity contribution >= 4 is 17.5 Å². The molecular formula is C29H32N2O4. The van der Waals surface area contributed by atoms with Crippen molar-refractivity contribution in [3.8, 4) is 11.5 Å². The molecule has 0 saturated heterocycles. The van der Waals surface area contributed by atoms with Crippen LogP contribution in [0.4, 0.5) is 5.69 Å². The van der Waals surface area contributed by atoms with E-state index in [0.29, 0.717) is 35.2 Å². The average molecular weight is 473 g/mol. The molecule has 0 heterocycles. The number of nitrogens with one attached hydrogen (secondary N) is 2. The molecule has 6 nitrogen and oxygen atoms in total. The van der Waals surface area contributed by atoms with Gasteiger partial charge in [-0.25, -0.2) is 0 Å². The Morgan fingerprint density at radius 2 is 1.60 bits per heavy atom. The first-order valence-electron chi connectivity index (χ1n) is 11.8. The number of amides is 2. The fraction of sp³-hybridized carbons (Fsp3) is 0.310. The van der Waals surface area contributed by atoms with Gasteiger partial charge in [0.05, 0.1) is 14.2 Å². The smallest absolute Gasteiger partial charge is 0.255 e. The number of hydrogen-bond donors (Lipinski definition) is 2. The number of methoxy groups -OCH3 is 2. The van der Waals surface area contributed by atoms with Crippen molar-refractivity contribution in [3.05, 3.63) is 89.5 Å². The minimum absolute atomic E-state index is 0.0577. The third-order valence-electron chi connectivity index (χ3n) is 6.63. The molecule has 1 aliphatic rings. The van der Waals surface area contributed by atoms with Gasteiger partial charge in [-0.15, -0.1) is 0 Å². The summed E-state index contributed by atoms with van der Waals surface area (Å²) in [5, 5.41) is 6.06. The summed E-state index contributed by atoms with van der Waals surface area (Å²) in [4.78, 5) is 25.4. The second-order valence-electron chi connectivity index (χ2n) is 9.56. The van der Waals surface area contributed by atoms with Crippen molar-refractivity contribution in [1.82, 2.24) is 5.32 Å². The number of ether oxygens (including phenoxy) is 2. The van der Waals surface area contributed by atoms with E-state index in [9.17, 15) is 9.59 Å². The lowest BCUT2D eigenvalue weighted by atomic mass is 9.84. The van der Waals surface area contributed by atoms with Gasteiger partial charge in [-0.1, -0.05) is 56.3 Å². The number of benzene rings is 3. The van der Waals surface area contributed by atoms with Gasteiger partial charge in [0.1, 0.15) is 0 Å². The number of rotatable bonds is 9. The number of anilines is 1. The molecule has 0 bridgehead atoms. The van der Waals surface area contributed by atoms with Crippen LogP contribution in [-0.4, -0.2) is 32.6 Å². The lowest BCUT2D eigenvalue weighted by molar-refractivity contribution is -0.122. The van der Waals surface area contributed by atoms with Gasteiger partial charge in [0.2, 0.25) is 5.91 Å². The maximum atomic E-state index is 12.7. The Hall–Kier alpha value is -3.80. The Morgan fingerprint density at radius 1 is 0.914 bits per heavy atom. The van der Waals surface area contributed by atoms with Crippen LogP contribution < -0.4 is 20.1 Å². The molecule has 0 spiro atoms. The highest BCUT2D eigenvalue weighted by Gasteiger charge is 2.44. The maximum absolute atomic E-state index is 12.7. The third-order valence-corrected chi connectivity index (χ3v) is 6.63. The molecule has 182 valence electrons. The normalized spacial score (nSPS) is 16.8. The van der Waals surface area contributed by atoms with E-state index in [1.807, 2.05) is 42.5 Å². The molecule has 2 unspecified atom stereocenters. The number of hydrogen-bond acceptors (Lipinski definition) is 4. The van der Waals surface area contributed by atoms with Gasteiger partial charge in [0.25, 0.3) is 5.91 Å². The Labute approximate surface area is 206 Å². The molecule has 35 heavy (non-hydrogen) atoms. The van der Waals surface area contributed by atoms with E-state index in [2.05, 4.69) is 36.6 Å². The predicted octanol–water partition coefficient (Wildman–Crippen LogP) is 5.15. The summed E-state index contributed by atoms with van der Waals surface area (Å²) in [7, 11) is 3.09. The quantitative estimate of drug-likeness (QED) is 0.451. The molecule has 1 fully saturated rings. The van der Waals surface area contributed by atoms with Crippen molar-refractivity contribution in [1.29, 1.82) is 0 Å². The molecule has 2 N–H and O–H groups in total. The van der Waals surface area contributed by atoms with Crippen LogP contribution in [0.15, 0.2) is 72.8 Å². The molecule has 2 amide bonds. The van der Waals surface area contributed by atoms with Crippen molar-refractivity contribution in [3.63, 3.8) is 0 Å². The summed E-state index contributed by atoms with van der Waals surface area (Å²) in [5.74, 6) is 1.34. The standard InChI is InChI=1S/C29H32N2O4/c1-29(2,18-30-28(33)24-17-23(24)19-8-6-5-7-9-19)21-11-13-22(14-12-21)31-27(32)20-10-15-25(34-3)26(16-20)35-4/h5-16,23-24H,17-18H2,1-4H3,(H,30,33)(H,31,32). The van der Waals surface area contributed by atoms with E-state index in [1.165, 1.54) is 12.7 Å². The summed E-state index contributed by atoms with van der Waals surface area (Å²) in [6, 6.07) is 23.0. The molecule has 0 aliphatic heterocycles. The summed E-state index contributed by atoms with van der Waals surface area (Å²) in [5.41, 5.74) is 3.23. The molecule has 1 aliphatic carbocycles. The first-order chi connectivity index (χ1) is 16.8. The summed E-state index contributed by atoms with van der Waals surface area (Å²) >= 11 is 0. The lowest BCUT2D eigenvalue weighted by Crippen LogP contribution is -2.37. The SMILES string of the molecule is COc1ccc(C(=O)Nc2ccc(C(C)(C)CNC(=O)C3CC3c3ccccc3)cc2)cc1OC. The van der Waals surface area contributed by atoms with Gasteiger partial charge in [0.15, 0.2) is 11.5 Å². The van der Waals surface area contributed by atoms with Crippen molar-refractivity contribution in [2.24, 2.45) is 5.92 Å². The number of carbonyl (C=O) groups is 2. The van der Waals surface area contributed by atoms with Gasteiger partial charge >= 0.3 is 0 Å². The van der Waals surface area contributed by atoms with Crippen molar-refractivity contribution in [2.75, 3.05) is 26.1 Å². The molecule has 2 atom stereocenters. The van der Waals surface area contributed by atoms with E-state index in [0.717, 1.165) is 12.0 Å². The van der Waals surface area contributed by atoms with E-state index < -0.39 is 0 Å². The van der Waals surface area contributed by atoms with Crippen LogP contribution >= 0.6 is 0 Å². The summed E-state index contributed by atoms with van der Waals surface area (Å²) in [6.07, 6.45) is 0.907. The highest BCUT2D eigenvalue weighted by Crippen LogP contribution is 2.47. The van der Waals surface area contributed by atoms with E-state index >= 15 is 0 Å². The van der Waals surface area contributed by atoms with Crippen LogP contribution in [0.1, 0.15) is 47.7 Å². The molecule has 3 aromatic carbocycles. The Morgan fingerprint density at radius 3 is 2.26 bits per heavy atom. The van der Waals surface area contributed by atoms with Crippen LogP contribution in [0.5, 0.6) is 11.5 Å². The van der Waals surface area contributed by atoms with Crippen LogP contribution in [0, 0.1) is 5.92 Å². The molecule has 4 rings (SSSR count). The third kappa shape index (κ3) is 5.65. The molecular weight excluding hydrogens is 440 g/mol. The van der Waals surface area contributed by atoms with E-state index in [4.69, 9.17) is 9.47 Å². The van der Waals surface area contributed by atoms with Gasteiger partial charge in [-0.2, -0.15) is 0 Å². The second kappa shape index (κ2) is 10.2. The van der Waals surface area contributed by atoms with Gasteiger partial charge < -0.3 is 20.1 Å². The highest BCUT2D eigenvalue weighted by molar-refractivity contribution is 6.04. The minimum Gasteiger partial charge on any atom is -0.493 e. The Kier molecular flexibility index (Phi) is 7.10. The van der Waals surface area contributed by atoms with Gasteiger partial charge in [-0.05, 0) is 53.8 Å². The maximum Gasteiger partial charge on any atom is 0.255 e. The van der Waals surface area contributed by atoms with E-state index in [1.54, 1.807) is 25.3 Å². The first-order valence-corrected chi connectivity index (χ1v) is 11.8. The minimum atomic E-state index is -0.251. The van der Waals surface area contributed by atoms with Crippen molar-refractivity contribution in [2.45, 2.75) is 31.6 Å². The topological polar surface area (TPSA) is 76.7 Å². The zero-order chi connectivity index (χ0) is 25.0. The zero-order valence-corrected chi connectivity index (χ0v) is 20.6. The Balaban J connectivity index is 1.33. The monoisotopic (exact) mass is 472 g/mol. The molecule has 3 aromatic rings. The predicted molar refractivity (Wildman–Crippen MR) is 137 cm³/mol. The van der Waals surface area contributed by atoms with Crippen LogP contribution in [-0.2, 0) is 10.2 Å². The lowest BCUT2D eigenvalue weighted by Gasteiger charge is -2.26. The fourth-order valence-corrected chi connectivity index (χ4v) is 4.28. The zero-order valence-electron chi connectivity index (χ0n) is 20.6. The fourth-order valence-electron chi connectivity index (χ4n) is 4.28. The highest BCUT2D eigenvalue weighted by atomic mass is 16.5. The van der Waals surface area contributed by atoms with Crippen LogP contribution in [0.2, 0.25) is 0 Å². The molecule has 1 saturated carbocycles. The van der Waals surface area contributed by atoms with Crippen molar-refractivity contribution < 1.29 is 19.1 Å². The second-order valence-corrected chi connectivity index (χ2v) is 9.56. The van der Waals surface area contributed by atoms with Gasteiger partial charge in [-0.3, -0.25) is 9.59 Å². The first kappa shape index (κ1) is 24.3. The molecule has 0 radical (unpaired) electrons. The Bertz CT molecular complexity index is 1190. The summed E-state index contributed by atoms with van der Waals surface area (Å²) < 4.78 is 10.5.